The minimum absolute atomic E-state index is 0.00757. The average Bonchev–Trinajstić information content (AvgIpc) is 2.48. The summed E-state index contributed by atoms with van der Waals surface area (Å²) in [6.45, 7) is 0.189. The average molecular weight is 307 g/mol. The van der Waals surface area contributed by atoms with Crippen LogP contribution in [0, 0.1) is 5.92 Å². The first kappa shape index (κ1) is 15.8. The Morgan fingerprint density at radius 3 is 2.62 bits per heavy atom. The lowest BCUT2D eigenvalue weighted by atomic mass is 9.94. The summed E-state index contributed by atoms with van der Waals surface area (Å²) in [7, 11) is -3.19. The van der Waals surface area contributed by atoms with Crippen molar-refractivity contribution < 1.29 is 13.2 Å². The van der Waals surface area contributed by atoms with Crippen LogP contribution in [0.25, 0.3) is 0 Å². The molecule has 0 saturated carbocycles. The van der Waals surface area contributed by atoms with E-state index in [1.807, 2.05) is 24.3 Å². The fourth-order valence-electron chi connectivity index (χ4n) is 2.41. The van der Waals surface area contributed by atoms with Gasteiger partial charge in [0, 0.05) is 12.5 Å². The minimum atomic E-state index is -3.19. The Bertz CT molecular complexity index is 593. The largest absolute Gasteiger partial charge is 0.355 e. The Balaban J connectivity index is 1.77. The number of amides is 1. The zero-order valence-electron chi connectivity index (χ0n) is 12.0. The highest BCUT2D eigenvalue weighted by Crippen LogP contribution is 2.17. The number of allylic oxidation sites excluding steroid dienone is 2. The van der Waals surface area contributed by atoms with Crippen molar-refractivity contribution in [2.75, 3.05) is 12.3 Å². The number of nitrogens with one attached hydrogen (secondary N) is 1. The van der Waals surface area contributed by atoms with Crippen molar-refractivity contribution in [3.8, 4) is 0 Å². The lowest BCUT2D eigenvalue weighted by Gasteiger charge is -2.17. The maximum Gasteiger partial charge on any atom is 0.223 e. The predicted octanol–water partition coefficient (Wildman–Crippen LogP) is 2.07. The highest BCUT2D eigenvalue weighted by molar-refractivity contribution is 7.90. The van der Waals surface area contributed by atoms with Gasteiger partial charge >= 0.3 is 0 Å². The smallest absolute Gasteiger partial charge is 0.223 e. The Morgan fingerprint density at radius 1 is 1.19 bits per heavy atom. The molecule has 0 heterocycles. The number of sulfone groups is 1. The van der Waals surface area contributed by atoms with E-state index in [0.29, 0.717) is 0 Å². The molecule has 2 rings (SSSR count). The van der Waals surface area contributed by atoms with Crippen molar-refractivity contribution >= 4 is 15.7 Å². The topological polar surface area (TPSA) is 63.2 Å². The summed E-state index contributed by atoms with van der Waals surface area (Å²) in [5.41, 5.74) is 0.779. The molecule has 1 aliphatic carbocycles. The Kier molecular flexibility index (Phi) is 5.56. The van der Waals surface area contributed by atoms with Gasteiger partial charge in [0.15, 0.2) is 9.84 Å². The molecule has 0 aliphatic heterocycles. The number of hydrogen-bond acceptors (Lipinski definition) is 3. The first-order valence-corrected chi connectivity index (χ1v) is 9.06. The molecule has 1 aliphatic rings. The fourth-order valence-corrected chi connectivity index (χ4v) is 3.66. The van der Waals surface area contributed by atoms with Crippen LogP contribution in [-0.4, -0.2) is 26.6 Å². The zero-order chi connectivity index (χ0) is 15.1. The number of rotatable bonds is 6. The molecule has 1 aromatic rings. The maximum atomic E-state index is 12.0. The fraction of sp³-hybridized carbons (Fsp3) is 0.438. The molecule has 5 heteroatoms. The normalized spacial score (nSPS) is 18.4. The second kappa shape index (κ2) is 7.41. The molecule has 0 fully saturated rings. The van der Waals surface area contributed by atoms with Gasteiger partial charge in [-0.15, -0.1) is 0 Å². The number of benzene rings is 1. The molecule has 0 bridgehead atoms. The monoisotopic (exact) mass is 307 g/mol. The van der Waals surface area contributed by atoms with Crippen LogP contribution in [-0.2, 0) is 20.4 Å². The van der Waals surface area contributed by atoms with Gasteiger partial charge in [0.25, 0.3) is 0 Å². The Morgan fingerprint density at radius 2 is 1.95 bits per heavy atom. The summed E-state index contributed by atoms with van der Waals surface area (Å²) in [4.78, 5) is 11.9. The molecule has 1 unspecified atom stereocenters. The van der Waals surface area contributed by atoms with Crippen LogP contribution in [0.1, 0.15) is 24.8 Å². The molecule has 0 saturated heterocycles. The first-order chi connectivity index (χ1) is 10.1. The molecule has 0 aromatic heterocycles. The molecular weight excluding hydrogens is 286 g/mol. The van der Waals surface area contributed by atoms with Crippen molar-refractivity contribution in [1.29, 1.82) is 0 Å². The van der Waals surface area contributed by atoms with E-state index >= 15 is 0 Å². The minimum Gasteiger partial charge on any atom is -0.355 e. The molecule has 114 valence electrons. The number of hydrogen-bond donors (Lipinski definition) is 1. The zero-order valence-corrected chi connectivity index (χ0v) is 12.8. The molecule has 1 atom stereocenters. The van der Waals surface area contributed by atoms with Crippen molar-refractivity contribution in [2.45, 2.75) is 25.0 Å². The summed E-state index contributed by atoms with van der Waals surface area (Å²) >= 11 is 0. The summed E-state index contributed by atoms with van der Waals surface area (Å²) in [6.07, 6.45) is 6.61. The standard InChI is InChI=1S/C16H21NO3S/c18-16(15-9-5-2-6-10-15)17-11-12-21(19,20)13-14-7-3-1-4-8-14/h1-5,7-8,15H,6,9-13H2,(H,17,18). The van der Waals surface area contributed by atoms with Crippen LogP contribution in [0.5, 0.6) is 0 Å². The van der Waals surface area contributed by atoms with Gasteiger partial charge in [-0.2, -0.15) is 0 Å². The van der Waals surface area contributed by atoms with Gasteiger partial charge in [0.2, 0.25) is 5.91 Å². The first-order valence-electron chi connectivity index (χ1n) is 7.24. The highest BCUT2D eigenvalue weighted by atomic mass is 32.2. The van der Waals surface area contributed by atoms with Crippen LogP contribution < -0.4 is 5.32 Å². The molecular formula is C16H21NO3S. The second-order valence-electron chi connectivity index (χ2n) is 5.35. The summed E-state index contributed by atoms with van der Waals surface area (Å²) < 4.78 is 24.0. The van der Waals surface area contributed by atoms with Gasteiger partial charge in [0.05, 0.1) is 11.5 Å². The molecule has 21 heavy (non-hydrogen) atoms. The van der Waals surface area contributed by atoms with Gasteiger partial charge in [-0.1, -0.05) is 42.5 Å². The summed E-state index contributed by atoms with van der Waals surface area (Å²) in [6, 6.07) is 9.09. The van der Waals surface area contributed by atoms with E-state index in [1.54, 1.807) is 12.1 Å². The van der Waals surface area contributed by atoms with Crippen molar-refractivity contribution in [3.63, 3.8) is 0 Å². The third-order valence-electron chi connectivity index (χ3n) is 3.58. The Labute approximate surface area is 126 Å². The van der Waals surface area contributed by atoms with Gasteiger partial charge in [0.1, 0.15) is 0 Å². The van der Waals surface area contributed by atoms with E-state index < -0.39 is 9.84 Å². The van der Waals surface area contributed by atoms with Crippen LogP contribution in [0.2, 0.25) is 0 Å². The number of carbonyl (C=O) groups excluding carboxylic acids is 1. The molecule has 1 N–H and O–H groups in total. The van der Waals surface area contributed by atoms with Gasteiger partial charge in [-0.25, -0.2) is 8.42 Å². The SMILES string of the molecule is O=C(NCCS(=O)(=O)Cc1ccccc1)C1CC=CCC1. The second-order valence-corrected chi connectivity index (χ2v) is 7.53. The van der Waals surface area contributed by atoms with E-state index in [0.717, 1.165) is 24.8 Å². The molecule has 4 nitrogen and oxygen atoms in total. The van der Waals surface area contributed by atoms with Crippen molar-refractivity contribution in [1.82, 2.24) is 5.32 Å². The lowest BCUT2D eigenvalue weighted by Crippen LogP contribution is -2.34. The van der Waals surface area contributed by atoms with E-state index in [9.17, 15) is 13.2 Å². The maximum absolute atomic E-state index is 12.0. The summed E-state index contributed by atoms with van der Waals surface area (Å²) in [5.74, 6) is -0.0346. The predicted molar refractivity (Wildman–Crippen MR) is 83.4 cm³/mol. The van der Waals surface area contributed by atoms with Gasteiger partial charge in [-0.05, 0) is 24.8 Å². The summed E-state index contributed by atoms with van der Waals surface area (Å²) in [5, 5.41) is 2.74. The molecule has 0 spiro atoms. The van der Waals surface area contributed by atoms with Crippen LogP contribution in [0.3, 0.4) is 0 Å². The van der Waals surface area contributed by atoms with Gasteiger partial charge in [-0.3, -0.25) is 4.79 Å². The van der Waals surface area contributed by atoms with E-state index in [1.165, 1.54) is 0 Å². The number of carbonyl (C=O) groups is 1. The van der Waals surface area contributed by atoms with Crippen molar-refractivity contribution in [3.05, 3.63) is 48.0 Å². The lowest BCUT2D eigenvalue weighted by molar-refractivity contribution is -0.125. The Hall–Kier alpha value is -1.62. The highest BCUT2D eigenvalue weighted by Gasteiger charge is 2.19. The van der Waals surface area contributed by atoms with E-state index in [2.05, 4.69) is 11.4 Å². The van der Waals surface area contributed by atoms with E-state index in [-0.39, 0.29) is 29.9 Å². The molecule has 1 amide bonds. The quantitative estimate of drug-likeness (QED) is 0.818. The van der Waals surface area contributed by atoms with Gasteiger partial charge < -0.3 is 5.32 Å². The van der Waals surface area contributed by atoms with Crippen LogP contribution >= 0.6 is 0 Å². The third kappa shape index (κ3) is 5.34. The molecule has 0 radical (unpaired) electrons. The van der Waals surface area contributed by atoms with Crippen LogP contribution in [0.15, 0.2) is 42.5 Å². The van der Waals surface area contributed by atoms with Crippen LogP contribution in [0.4, 0.5) is 0 Å². The van der Waals surface area contributed by atoms with E-state index in [4.69, 9.17) is 0 Å². The third-order valence-corrected chi connectivity index (χ3v) is 5.18. The molecule has 1 aromatic carbocycles. The van der Waals surface area contributed by atoms with Crippen molar-refractivity contribution in [2.24, 2.45) is 5.92 Å².